The molecular weight excluding hydrogens is 120 g/mol. The van der Waals surface area contributed by atoms with E-state index in [0.29, 0.717) is 5.92 Å². The summed E-state index contributed by atoms with van der Waals surface area (Å²) in [5.74, 6) is 0.642. The van der Waals surface area contributed by atoms with Crippen LogP contribution in [0.15, 0.2) is 23.8 Å². The van der Waals surface area contributed by atoms with Crippen LogP contribution in [0.3, 0.4) is 0 Å². The monoisotopic (exact) mass is 135 g/mol. The normalized spacial score (nSPS) is 25.0. The molecule has 0 saturated carbocycles. The van der Waals surface area contributed by atoms with Gasteiger partial charge in [-0.25, -0.2) is 0 Å². The second-order valence-electron chi connectivity index (χ2n) is 3.20. The zero-order valence-electron chi connectivity index (χ0n) is 6.85. The molecule has 0 radical (unpaired) electrons. The van der Waals surface area contributed by atoms with Gasteiger partial charge in [0.25, 0.3) is 0 Å². The molecule has 0 aromatic rings. The van der Waals surface area contributed by atoms with Gasteiger partial charge in [-0.2, -0.15) is 0 Å². The molecule has 1 atom stereocenters. The van der Waals surface area contributed by atoms with Crippen molar-refractivity contribution in [2.24, 2.45) is 5.92 Å². The van der Waals surface area contributed by atoms with E-state index in [2.05, 4.69) is 32.9 Å². The predicted molar refractivity (Wildman–Crippen MR) is 45.6 cm³/mol. The molecule has 1 rings (SSSR count). The largest absolute Gasteiger partial charge is 0.0977 e. The molecular formula is C10H15+. The minimum Gasteiger partial charge on any atom is -0.0977 e. The Kier molecular flexibility index (Phi) is 2.21. The van der Waals surface area contributed by atoms with Gasteiger partial charge in [0.1, 0.15) is 0 Å². The van der Waals surface area contributed by atoms with Crippen LogP contribution in [0.25, 0.3) is 0 Å². The Hall–Kier alpha value is -0.650. The fraction of sp³-hybridized carbons (Fsp3) is 0.500. The van der Waals surface area contributed by atoms with Crippen molar-refractivity contribution in [1.29, 1.82) is 0 Å². The lowest BCUT2D eigenvalue weighted by molar-refractivity contribution is 0.622. The summed E-state index contributed by atoms with van der Waals surface area (Å²) in [5, 5.41) is 0. The van der Waals surface area contributed by atoms with E-state index < -0.39 is 0 Å². The van der Waals surface area contributed by atoms with Gasteiger partial charge < -0.3 is 0 Å². The van der Waals surface area contributed by atoms with E-state index in [1.54, 1.807) is 0 Å². The van der Waals surface area contributed by atoms with Crippen molar-refractivity contribution in [3.05, 3.63) is 30.2 Å². The van der Waals surface area contributed by atoms with E-state index in [0.717, 1.165) is 0 Å². The van der Waals surface area contributed by atoms with Gasteiger partial charge in [-0.15, -0.1) is 0 Å². The number of hydrogen-bond acceptors (Lipinski definition) is 0. The Balaban J connectivity index is 2.50. The quantitative estimate of drug-likeness (QED) is 0.383. The molecule has 1 aliphatic carbocycles. The van der Waals surface area contributed by atoms with E-state index in [1.165, 1.54) is 24.0 Å². The molecule has 0 aromatic carbocycles. The van der Waals surface area contributed by atoms with E-state index >= 15 is 0 Å². The van der Waals surface area contributed by atoms with Crippen molar-refractivity contribution >= 4 is 0 Å². The van der Waals surface area contributed by atoms with E-state index in [1.807, 2.05) is 0 Å². The maximum Gasteiger partial charge on any atom is 0.0925 e. The molecule has 10 heavy (non-hydrogen) atoms. The van der Waals surface area contributed by atoms with Gasteiger partial charge >= 0.3 is 0 Å². The van der Waals surface area contributed by atoms with Gasteiger partial charge in [-0.05, 0) is 13.3 Å². The topological polar surface area (TPSA) is 0 Å². The summed E-state index contributed by atoms with van der Waals surface area (Å²) in [5.41, 5.74) is 2.79. The summed E-state index contributed by atoms with van der Waals surface area (Å²) in [7, 11) is 0. The van der Waals surface area contributed by atoms with Crippen LogP contribution in [0.4, 0.5) is 0 Å². The Morgan fingerprint density at radius 1 is 1.80 bits per heavy atom. The molecule has 0 fully saturated rings. The second-order valence-corrected chi connectivity index (χ2v) is 3.20. The minimum atomic E-state index is 0.642. The first kappa shape index (κ1) is 7.46. The highest BCUT2D eigenvalue weighted by Crippen LogP contribution is 2.26. The fourth-order valence-electron chi connectivity index (χ4n) is 1.25. The summed E-state index contributed by atoms with van der Waals surface area (Å²) in [4.78, 5) is 0. The molecule has 0 aliphatic heterocycles. The van der Waals surface area contributed by atoms with Gasteiger partial charge in [0.15, 0.2) is 0 Å². The maximum atomic E-state index is 3.94. The molecule has 0 aromatic heterocycles. The zero-order chi connectivity index (χ0) is 7.56. The van der Waals surface area contributed by atoms with Crippen molar-refractivity contribution in [3.8, 4) is 0 Å². The Bertz CT molecular complexity index is 163. The average Bonchev–Trinajstić information content (AvgIpc) is 1.88. The number of allylic oxidation sites excluding steroid dienone is 3. The van der Waals surface area contributed by atoms with Crippen molar-refractivity contribution in [1.82, 2.24) is 0 Å². The van der Waals surface area contributed by atoms with Crippen LogP contribution in [0, 0.1) is 12.3 Å². The van der Waals surface area contributed by atoms with Crippen LogP contribution in [0.5, 0.6) is 0 Å². The van der Waals surface area contributed by atoms with Crippen LogP contribution in [-0.2, 0) is 0 Å². The highest BCUT2D eigenvalue weighted by molar-refractivity contribution is 5.18. The third kappa shape index (κ3) is 1.66. The summed E-state index contributed by atoms with van der Waals surface area (Å²) in [6.45, 7) is 8.24. The molecule has 0 N–H and O–H groups in total. The zero-order valence-corrected chi connectivity index (χ0v) is 6.85. The Morgan fingerprint density at radius 3 is 2.90 bits per heavy atom. The average molecular weight is 135 g/mol. The highest BCUT2D eigenvalue weighted by atomic mass is 14.2. The summed E-state index contributed by atoms with van der Waals surface area (Å²) in [6.07, 6.45) is 7.00. The fourth-order valence-corrected chi connectivity index (χ4v) is 1.25. The van der Waals surface area contributed by atoms with Crippen LogP contribution in [-0.4, -0.2) is 0 Å². The molecule has 0 heterocycles. The first-order valence-corrected chi connectivity index (χ1v) is 3.86. The molecule has 0 unspecified atom stereocenters. The molecule has 0 saturated heterocycles. The van der Waals surface area contributed by atoms with Crippen molar-refractivity contribution in [2.75, 3.05) is 0 Å². The molecule has 1 aliphatic rings. The Labute approximate surface area is 63.6 Å². The first-order valence-electron chi connectivity index (χ1n) is 3.86. The van der Waals surface area contributed by atoms with Crippen LogP contribution < -0.4 is 0 Å². The third-order valence-electron chi connectivity index (χ3n) is 2.10. The smallest absolute Gasteiger partial charge is 0.0925 e. The van der Waals surface area contributed by atoms with Crippen LogP contribution in [0.2, 0.25) is 0 Å². The van der Waals surface area contributed by atoms with E-state index in [4.69, 9.17) is 0 Å². The van der Waals surface area contributed by atoms with Gasteiger partial charge in [0.2, 0.25) is 0 Å². The highest BCUT2D eigenvalue weighted by Gasteiger charge is 2.19. The molecule has 54 valence electrons. The lowest BCUT2D eigenvalue weighted by Gasteiger charge is -2.12. The van der Waals surface area contributed by atoms with Crippen molar-refractivity contribution in [3.63, 3.8) is 0 Å². The maximum absolute atomic E-state index is 3.94. The molecule has 0 amide bonds. The van der Waals surface area contributed by atoms with Crippen molar-refractivity contribution in [2.45, 2.75) is 26.7 Å². The number of hydrogen-bond donors (Lipinski definition) is 0. The Morgan fingerprint density at radius 2 is 2.50 bits per heavy atom. The third-order valence-corrected chi connectivity index (χ3v) is 2.10. The summed E-state index contributed by atoms with van der Waals surface area (Å²) >= 11 is 0. The van der Waals surface area contributed by atoms with E-state index in [-0.39, 0.29) is 0 Å². The standard InChI is InChI=1S/C10H15/c1-8(2)10-6-4-9(3)5-7-10/h4,6,10H,1,5,7H2,2-3H3/q+1/t10-/m0/s1. The molecule has 0 spiro atoms. The van der Waals surface area contributed by atoms with Crippen molar-refractivity contribution < 1.29 is 0 Å². The first-order chi connectivity index (χ1) is 4.70. The van der Waals surface area contributed by atoms with Gasteiger partial charge in [0, 0.05) is 19.8 Å². The molecule has 0 nitrogen and oxygen atoms in total. The van der Waals surface area contributed by atoms with Gasteiger partial charge in [-0.3, -0.25) is 0 Å². The SMILES string of the molecule is C=C(C)[C@H]1[CH+]C=C(C)CC1. The predicted octanol–water partition coefficient (Wildman–Crippen LogP) is 3.12. The second kappa shape index (κ2) is 2.96. The van der Waals surface area contributed by atoms with Gasteiger partial charge in [-0.1, -0.05) is 12.2 Å². The van der Waals surface area contributed by atoms with Crippen LogP contribution in [0.1, 0.15) is 26.7 Å². The summed E-state index contributed by atoms with van der Waals surface area (Å²) < 4.78 is 0. The van der Waals surface area contributed by atoms with E-state index in [9.17, 15) is 0 Å². The lowest BCUT2D eigenvalue weighted by atomic mass is 9.86. The van der Waals surface area contributed by atoms with Gasteiger partial charge in [0.05, 0.1) is 17.6 Å². The molecule has 0 bridgehead atoms. The molecule has 0 heteroatoms. The summed E-state index contributed by atoms with van der Waals surface area (Å²) in [6, 6.07) is 0. The number of rotatable bonds is 1. The lowest BCUT2D eigenvalue weighted by Crippen LogP contribution is -2.05. The van der Waals surface area contributed by atoms with Crippen LogP contribution >= 0.6 is 0 Å². The minimum absolute atomic E-state index is 0.642.